The van der Waals surface area contributed by atoms with E-state index in [2.05, 4.69) is 41.7 Å². The van der Waals surface area contributed by atoms with E-state index in [9.17, 15) is 26.4 Å². The van der Waals surface area contributed by atoms with E-state index in [1.54, 1.807) is 26.0 Å². The van der Waals surface area contributed by atoms with Crippen molar-refractivity contribution in [3.05, 3.63) is 66.0 Å². The first-order valence-electron chi connectivity index (χ1n) is 9.91. The number of aromatic nitrogens is 3. The van der Waals surface area contributed by atoms with E-state index >= 15 is 0 Å². The normalized spacial score (nSPS) is 11.5. The molecule has 0 aliphatic heterocycles. The summed E-state index contributed by atoms with van der Waals surface area (Å²) >= 11 is 0. The van der Waals surface area contributed by atoms with Gasteiger partial charge in [0.1, 0.15) is 11.4 Å². The Morgan fingerprint density at radius 1 is 1.08 bits per heavy atom. The van der Waals surface area contributed by atoms with Crippen LogP contribution in [0, 0.1) is 13.8 Å². The zero-order chi connectivity index (χ0) is 26.7. The van der Waals surface area contributed by atoms with Crippen molar-refractivity contribution in [2.45, 2.75) is 20.0 Å². The van der Waals surface area contributed by atoms with Gasteiger partial charge in [0.25, 0.3) is 0 Å². The summed E-state index contributed by atoms with van der Waals surface area (Å²) in [7, 11) is -4.85. The predicted molar refractivity (Wildman–Crippen MR) is 125 cm³/mol. The minimum absolute atomic E-state index is 0.120. The van der Waals surface area contributed by atoms with Gasteiger partial charge in [-0.15, -0.1) is 0 Å². The topological polar surface area (TPSA) is 155 Å². The number of rotatable bonds is 8. The number of aryl methyl sites for hydroxylation is 2. The van der Waals surface area contributed by atoms with Crippen LogP contribution < -0.4 is 20.1 Å². The first-order chi connectivity index (χ1) is 16.7. The number of benzene rings is 1. The van der Waals surface area contributed by atoms with Crippen molar-refractivity contribution in [1.82, 2.24) is 15.0 Å². The number of carbonyl (C=O) groups excluding carboxylic acids is 1. The van der Waals surface area contributed by atoms with Gasteiger partial charge < -0.3 is 20.1 Å². The van der Waals surface area contributed by atoms with Gasteiger partial charge in [0.15, 0.2) is 0 Å². The van der Waals surface area contributed by atoms with Crippen LogP contribution in [0.15, 0.2) is 49.3 Å². The van der Waals surface area contributed by atoms with E-state index in [0.717, 1.165) is 17.7 Å². The van der Waals surface area contributed by atoms with Crippen LogP contribution in [0.2, 0.25) is 0 Å². The molecular formula is C21H19F3N6O5S. The molecule has 190 valence electrons. The summed E-state index contributed by atoms with van der Waals surface area (Å²) in [6, 6.07) is 5.72. The van der Waals surface area contributed by atoms with Gasteiger partial charge in [0.05, 0.1) is 17.1 Å². The lowest BCUT2D eigenvalue weighted by atomic mass is 10.1. The average molecular weight is 524 g/mol. The quantitative estimate of drug-likeness (QED) is 0.248. The fraction of sp³-hybridized carbons (Fsp3) is 0.143. The third kappa shape index (κ3) is 6.89. The molecule has 15 heteroatoms. The van der Waals surface area contributed by atoms with Crippen LogP contribution in [0.3, 0.4) is 0 Å². The Balaban J connectivity index is 2.02. The molecule has 0 atom stereocenters. The van der Waals surface area contributed by atoms with Gasteiger partial charge >= 0.3 is 16.6 Å². The van der Waals surface area contributed by atoms with Crippen LogP contribution in [0.1, 0.15) is 16.7 Å². The molecule has 0 aliphatic rings. The van der Waals surface area contributed by atoms with Crippen molar-refractivity contribution in [2.75, 3.05) is 16.0 Å². The smallest absolute Gasteiger partial charge is 0.341 e. The Morgan fingerprint density at radius 3 is 2.44 bits per heavy atom. The lowest BCUT2D eigenvalue weighted by Crippen LogP contribution is -2.14. The van der Waals surface area contributed by atoms with Crippen molar-refractivity contribution in [2.24, 2.45) is 0 Å². The highest BCUT2D eigenvalue weighted by Gasteiger charge is 2.35. The predicted octanol–water partition coefficient (Wildman–Crippen LogP) is 4.30. The van der Waals surface area contributed by atoms with E-state index < -0.39 is 39.7 Å². The van der Waals surface area contributed by atoms with Crippen molar-refractivity contribution >= 4 is 45.1 Å². The summed E-state index contributed by atoms with van der Waals surface area (Å²) in [6.45, 7) is 6.65. The minimum Gasteiger partial charge on any atom is -0.341 e. The maximum atomic E-state index is 13.7. The minimum atomic E-state index is -4.85. The summed E-state index contributed by atoms with van der Waals surface area (Å²) < 4.78 is 76.1. The molecule has 1 amide bonds. The Morgan fingerprint density at radius 2 is 1.81 bits per heavy atom. The third-order valence-electron chi connectivity index (χ3n) is 4.48. The molecule has 0 spiro atoms. The molecule has 36 heavy (non-hydrogen) atoms. The second-order valence-corrected chi connectivity index (χ2v) is 8.32. The number of halogens is 3. The second-order valence-electron chi connectivity index (χ2n) is 7.29. The fourth-order valence-corrected chi connectivity index (χ4v) is 3.15. The highest BCUT2D eigenvalue weighted by molar-refractivity contribution is 7.81. The fourth-order valence-electron chi connectivity index (χ4n) is 2.84. The summed E-state index contributed by atoms with van der Waals surface area (Å²) in [5.74, 6) is -1.99. The van der Waals surface area contributed by atoms with E-state index in [1.807, 2.05) is 0 Å². The number of pyridine rings is 1. The van der Waals surface area contributed by atoms with Crippen molar-refractivity contribution in [1.29, 1.82) is 0 Å². The number of nitrogens with zero attached hydrogens (tertiary/aromatic N) is 3. The first kappa shape index (κ1) is 26.4. The lowest BCUT2D eigenvalue weighted by molar-refractivity contribution is -0.137. The van der Waals surface area contributed by atoms with Gasteiger partial charge in [0, 0.05) is 18.5 Å². The standard InChI is InChI=1S/C21H19F3N6O5S/c1-4-17(31)27-16-7-11(2)5-6-14(16)28-19-13(21(22,23)24)10-26-20(30-19)29-15-8-18(25-9-12(15)3)35-36(32,33)34/h4-10H,1H2,2-3H3,(H,27,31)(H,32,33,34)(H2,25,26,28,29,30). The molecule has 0 radical (unpaired) electrons. The molecule has 0 saturated carbocycles. The van der Waals surface area contributed by atoms with Gasteiger partial charge in [-0.25, -0.2) is 9.97 Å². The summed E-state index contributed by atoms with van der Waals surface area (Å²) in [4.78, 5) is 23.1. The van der Waals surface area contributed by atoms with E-state index in [0.29, 0.717) is 11.8 Å². The monoisotopic (exact) mass is 524 g/mol. The van der Waals surface area contributed by atoms with Gasteiger partial charge in [-0.1, -0.05) is 12.6 Å². The summed E-state index contributed by atoms with van der Waals surface area (Å²) in [5.41, 5.74) is 0.439. The molecule has 2 aromatic heterocycles. The van der Waals surface area contributed by atoms with Crippen LogP contribution in [0.25, 0.3) is 0 Å². The largest absolute Gasteiger partial charge is 0.447 e. The number of anilines is 5. The average Bonchev–Trinajstić information content (AvgIpc) is 2.76. The third-order valence-corrected chi connectivity index (χ3v) is 4.86. The number of alkyl halides is 3. The SMILES string of the molecule is C=CC(=O)Nc1cc(C)ccc1Nc1nc(Nc2cc(OS(=O)(=O)O)ncc2C)ncc1C(F)(F)F. The molecule has 0 aliphatic carbocycles. The van der Waals surface area contributed by atoms with Crippen LogP contribution in [0.5, 0.6) is 5.88 Å². The molecule has 11 nitrogen and oxygen atoms in total. The Bertz CT molecular complexity index is 1430. The second kappa shape index (κ2) is 10.2. The number of nitrogens with one attached hydrogen (secondary N) is 3. The van der Waals surface area contributed by atoms with Gasteiger partial charge in [-0.3, -0.25) is 9.35 Å². The van der Waals surface area contributed by atoms with Crippen molar-refractivity contribution < 1.29 is 35.1 Å². The number of carbonyl (C=O) groups is 1. The first-order valence-corrected chi connectivity index (χ1v) is 11.3. The maximum Gasteiger partial charge on any atom is 0.447 e. The van der Waals surface area contributed by atoms with Crippen molar-refractivity contribution in [3.63, 3.8) is 0 Å². The Kier molecular flexibility index (Phi) is 7.45. The molecule has 0 unspecified atom stereocenters. The van der Waals surface area contributed by atoms with Crippen LogP contribution >= 0.6 is 0 Å². The van der Waals surface area contributed by atoms with Crippen molar-refractivity contribution in [3.8, 4) is 5.88 Å². The Labute approximate surface area is 203 Å². The summed E-state index contributed by atoms with van der Waals surface area (Å²) in [5, 5.41) is 7.75. The molecule has 0 saturated heterocycles. The number of amides is 1. The molecule has 0 fully saturated rings. The van der Waals surface area contributed by atoms with Crippen LogP contribution in [0.4, 0.5) is 42.0 Å². The molecule has 0 bridgehead atoms. The van der Waals surface area contributed by atoms with Gasteiger partial charge in [-0.05, 0) is 43.2 Å². The molecule has 3 aromatic rings. The molecule has 4 N–H and O–H groups in total. The molecule has 2 heterocycles. The van der Waals surface area contributed by atoms with Crippen LogP contribution in [-0.2, 0) is 21.4 Å². The van der Waals surface area contributed by atoms with E-state index in [-0.39, 0.29) is 23.0 Å². The van der Waals surface area contributed by atoms with E-state index in [1.165, 1.54) is 12.3 Å². The number of hydrogen-bond donors (Lipinski definition) is 4. The maximum absolute atomic E-state index is 13.7. The Hall–Kier alpha value is -4.24. The molecular weight excluding hydrogens is 505 g/mol. The van der Waals surface area contributed by atoms with Gasteiger partial charge in [-0.2, -0.15) is 26.6 Å². The van der Waals surface area contributed by atoms with Gasteiger partial charge in [0.2, 0.25) is 17.7 Å². The zero-order valence-electron chi connectivity index (χ0n) is 18.7. The highest BCUT2D eigenvalue weighted by atomic mass is 32.3. The zero-order valence-corrected chi connectivity index (χ0v) is 19.5. The number of hydrogen-bond acceptors (Lipinski definition) is 9. The molecule has 1 aromatic carbocycles. The lowest BCUT2D eigenvalue weighted by Gasteiger charge is -2.17. The summed E-state index contributed by atoms with van der Waals surface area (Å²) in [6.07, 6.45) is -2.05. The molecule has 3 rings (SSSR count). The van der Waals surface area contributed by atoms with E-state index in [4.69, 9.17) is 4.55 Å². The highest BCUT2D eigenvalue weighted by Crippen LogP contribution is 2.37. The van der Waals surface area contributed by atoms with Crippen LogP contribution in [-0.4, -0.2) is 33.8 Å².